The van der Waals surface area contributed by atoms with Crippen molar-refractivity contribution in [2.75, 3.05) is 0 Å². The zero-order chi connectivity index (χ0) is 8.48. The summed E-state index contributed by atoms with van der Waals surface area (Å²) in [6.07, 6.45) is 2.82. The Labute approximate surface area is 67.4 Å². The number of H-pyrrole nitrogens is 1. The van der Waals surface area contributed by atoms with Crippen molar-refractivity contribution in [3.05, 3.63) is 12.2 Å². The Hall–Kier alpha value is -0.860. The molecule has 0 atom stereocenters. The number of rotatable bonds is 1. The highest BCUT2D eigenvalue weighted by atomic mass is 15.2. The van der Waals surface area contributed by atoms with Gasteiger partial charge in [-0.05, 0) is 5.41 Å². The van der Waals surface area contributed by atoms with Crippen LogP contribution in [0, 0.1) is 5.41 Å². The Morgan fingerprint density at radius 3 is 2.55 bits per heavy atom. The van der Waals surface area contributed by atoms with Crippen molar-refractivity contribution < 1.29 is 4.57 Å². The Kier molecular flexibility index (Phi) is 1.98. The van der Waals surface area contributed by atoms with Crippen LogP contribution in [0.5, 0.6) is 0 Å². The molecule has 0 aliphatic heterocycles. The molecule has 1 rings (SSSR count). The fourth-order valence-corrected chi connectivity index (χ4v) is 1.01. The molecular weight excluding hydrogens is 138 g/mol. The van der Waals surface area contributed by atoms with E-state index in [-0.39, 0.29) is 0 Å². The first kappa shape index (κ1) is 8.24. The summed E-state index contributed by atoms with van der Waals surface area (Å²) in [5.74, 6) is 1.18. The molecule has 0 saturated carbocycles. The monoisotopic (exact) mass is 154 g/mol. The summed E-state index contributed by atoms with van der Waals surface area (Å²) in [5, 5.41) is 6.92. The fraction of sp³-hybridized carbons (Fsp3) is 0.750. The molecule has 3 nitrogen and oxygen atoms in total. The maximum atomic E-state index is 3.94. The summed E-state index contributed by atoms with van der Waals surface area (Å²) in [4.78, 5) is 0. The molecule has 62 valence electrons. The number of nitrogens with zero attached hydrogens (tertiary/aromatic N) is 2. The molecule has 3 heteroatoms. The number of aromatic amines is 1. The van der Waals surface area contributed by atoms with Crippen molar-refractivity contribution in [2.24, 2.45) is 12.5 Å². The van der Waals surface area contributed by atoms with Crippen LogP contribution in [-0.4, -0.2) is 10.2 Å². The molecule has 0 aliphatic carbocycles. The Morgan fingerprint density at radius 1 is 1.55 bits per heavy atom. The quantitative estimate of drug-likeness (QED) is 0.597. The Balaban J connectivity index is 2.72. The van der Waals surface area contributed by atoms with Gasteiger partial charge in [-0.25, -0.2) is 4.57 Å². The lowest BCUT2D eigenvalue weighted by Crippen LogP contribution is -2.32. The summed E-state index contributed by atoms with van der Waals surface area (Å²) in [6.45, 7) is 6.65. The average Bonchev–Trinajstić information content (AvgIpc) is 2.12. The van der Waals surface area contributed by atoms with Crippen molar-refractivity contribution in [1.29, 1.82) is 0 Å². The maximum Gasteiger partial charge on any atom is 0.264 e. The molecule has 11 heavy (non-hydrogen) atoms. The van der Waals surface area contributed by atoms with Crippen LogP contribution in [-0.2, 0) is 13.5 Å². The van der Waals surface area contributed by atoms with E-state index in [0.29, 0.717) is 5.41 Å². The zero-order valence-electron chi connectivity index (χ0n) is 7.68. The highest BCUT2D eigenvalue weighted by Crippen LogP contribution is 2.16. The second kappa shape index (κ2) is 2.64. The highest BCUT2D eigenvalue weighted by molar-refractivity contribution is 4.78. The van der Waals surface area contributed by atoms with Crippen LogP contribution in [0.1, 0.15) is 26.6 Å². The van der Waals surface area contributed by atoms with E-state index in [1.807, 2.05) is 11.6 Å². The van der Waals surface area contributed by atoms with Crippen molar-refractivity contribution in [3.8, 4) is 0 Å². The predicted molar refractivity (Wildman–Crippen MR) is 42.9 cm³/mol. The number of aryl methyl sites for hydroxylation is 1. The number of aromatic nitrogens is 3. The smallest absolute Gasteiger partial charge is 0.238 e. The molecule has 0 bridgehead atoms. The van der Waals surface area contributed by atoms with Crippen LogP contribution < -0.4 is 4.57 Å². The Bertz CT molecular complexity index is 232. The van der Waals surface area contributed by atoms with Gasteiger partial charge in [0.05, 0.1) is 7.05 Å². The van der Waals surface area contributed by atoms with E-state index in [4.69, 9.17) is 0 Å². The summed E-state index contributed by atoms with van der Waals surface area (Å²) in [7, 11) is 2.00. The first-order chi connectivity index (χ1) is 4.99. The molecule has 0 saturated heterocycles. The largest absolute Gasteiger partial charge is 0.264 e. The van der Waals surface area contributed by atoms with E-state index in [0.717, 1.165) is 6.42 Å². The van der Waals surface area contributed by atoms with Gasteiger partial charge in [0.1, 0.15) is 0 Å². The Morgan fingerprint density at radius 2 is 2.18 bits per heavy atom. The van der Waals surface area contributed by atoms with Gasteiger partial charge in [-0.3, -0.25) is 0 Å². The molecule has 0 unspecified atom stereocenters. The lowest BCUT2D eigenvalue weighted by Gasteiger charge is -2.14. The van der Waals surface area contributed by atoms with Crippen molar-refractivity contribution in [1.82, 2.24) is 10.2 Å². The van der Waals surface area contributed by atoms with E-state index < -0.39 is 0 Å². The van der Waals surface area contributed by atoms with Gasteiger partial charge in [-0.2, -0.15) is 0 Å². The third kappa shape index (κ3) is 2.33. The number of hydrogen-bond donors (Lipinski definition) is 1. The second-order valence-electron chi connectivity index (χ2n) is 4.15. The van der Waals surface area contributed by atoms with Gasteiger partial charge in [0.2, 0.25) is 5.82 Å². The van der Waals surface area contributed by atoms with Gasteiger partial charge in [-0.1, -0.05) is 20.8 Å². The van der Waals surface area contributed by atoms with Crippen molar-refractivity contribution >= 4 is 0 Å². The number of nitrogens with one attached hydrogen (secondary N) is 1. The molecular formula is C8H16N3+. The molecule has 0 spiro atoms. The first-order valence-electron chi connectivity index (χ1n) is 3.87. The predicted octanol–water partition coefficient (Wildman–Crippen LogP) is 0.823. The zero-order valence-corrected chi connectivity index (χ0v) is 7.68. The third-order valence-electron chi connectivity index (χ3n) is 1.55. The minimum atomic E-state index is 0.324. The first-order valence-corrected chi connectivity index (χ1v) is 3.87. The van der Waals surface area contributed by atoms with Crippen molar-refractivity contribution in [3.63, 3.8) is 0 Å². The van der Waals surface area contributed by atoms with Crippen LogP contribution >= 0.6 is 0 Å². The normalized spacial score (nSPS) is 12.0. The molecule has 1 aromatic heterocycles. The van der Waals surface area contributed by atoms with E-state index in [1.54, 1.807) is 6.33 Å². The minimum Gasteiger partial charge on any atom is -0.238 e. The fourth-order valence-electron chi connectivity index (χ4n) is 1.01. The molecule has 1 aromatic rings. The van der Waals surface area contributed by atoms with E-state index in [2.05, 4.69) is 31.0 Å². The molecule has 1 heterocycles. The van der Waals surface area contributed by atoms with E-state index in [1.165, 1.54) is 5.82 Å². The van der Waals surface area contributed by atoms with Crippen LogP contribution in [0.2, 0.25) is 0 Å². The van der Waals surface area contributed by atoms with Crippen LogP contribution in [0.3, 0.4) is 0 Å². The summed E-state index contributed by atoms with van der Waals surface area (Å²) in [6, 6.07) is 0. The standard InChI is InChI=1S/C8H15N3/c1-8(2,3)5-7-10-9-6-11(7)4/h6H,5H2,1-4H3/p+1. The van der Waals surface area contributed by atoms with Gasteiger partial charge >= 0.3 is 0 Å². The van der Waals surface area contributed by atoms with Gasteiger partial charge < -0.3 is 0 Å². The van der Waals surface area contributed by atoms with Crippen molar-refractivity contribution in [2.45, 2.75) is 27.2 Å². The minimum absolute atomic E-state index is 0.324. The summed E-state index contributed by atoms with van der Waals surface area (Å²) >= 11 is 0. The topological polar surface area (TPSA) is 32.6 Å². The molecule has 0 amide bonds. The highest BCUT2D eigenvalue weighted by Gasteiger charge is 2.17. The molecule has 0 aromatic carbocycles. The second-order valence-corrected chi connectivity index (χ2v) is 4.15. The van der Waals surface area contributed by atoms with Gasteiger partial charge in [-0.15, -0.1) is 5.10 Å². The molecule has 0 aliphatic rings. The molecule has 0 fully saturated rings. The third-order valence-corrected chi connectivity index (χ3v) is 1.55. The summed E-state index contributed by atoms with van der Waals surface area (Å²) < 4.78 is 2.02. The molecule has 0 radical (unpaired) electrons. The van der Waals surface area contributed by atoms with Gasteiger partial charge in [0, 0.05) is 11.5 Å². The lowest BCUT2D eigenvalue weighted by atomic mass is 9.92. The maximum absolute atomic E-state index is 3.94. The van der Waals surface area contributed by atoms with E-state index >= 15 is 0 Å². The average molecular weight is 154 g/mol. The van der Waals surface area contributed by atoms with Gasteiger partial charge in [0.15, 0.2) is 0 Å². The summed E-state index contributed by atoms with van der Waals surface area (Å²) in [5.41, 5.74) is 0.324. The van der Waals surface area contributed by atoms with Gasteiger partial charge in [0.25, 0.3) is 6.33 Å². The number of hydrogen-bond acceptors (Lipinski definition) is 1. The van der Waals surface area contributed by atoms with Crippen LogP contribution in [0.25, 0.3) is 0 Å². The van der Waals surface area contributed by atoms with Crippen LogP contribution in [0.15, 0.2) is 6.33 Å². The van der Waals surface area contributed by atoms with Crippen LogP contribution in [0.4, 0.5) is 0 Å². The molecule has 1 N–H and O–H groups in total. The SMILES string of the molecule is C[n+]1cn[nH]c1CC(C)(C)C. The van der Waals surface area contributed by atoms with E-state index in [9.17, 15) is 0 Å². The lowest BCUT2D eigenvalue weighted by molar-refractivity contribution is -0.679.